The van der Waals surface area contributed by atoms with E-state index in [1.165, 1.54) is 6.07 Å². The van der Waals surface area contributed by atoms with Gasteiger partial charge in [-0.3, -0.25) is 9.89 Å². The van der Waals surface area contributed by atoms with Crippen LogP contribution in [-0.4, -0.2) is 33.1 Å². The molecule has 0 amide bonds. The minimum Gasteiger partial charge on any atom is -0.508 e. The van der Waals surface area contributed by atoms with Crippen molar-refractivity contribution in [3.63, 3.8) is 0 Å². The molecule has 0 radical (unpaired) electrons. The first kappa shape index (κ1) is 18.9. The van der Waals surface area contributed by atoms with Crippen molar-refractivity contribution >= 4 is 39.6 Å². The smallest absolute Gasteiger partial charge is 0.143 e. The van der Waals surface area contributed by atoms with Gasteiger partial charge in [0.05, 0.1) is 10.6 Å². The molecule has 0 unspecified atom stereocenters. The molecule has 3 aromatic rings. The van der Waals surface area contributed by atoms with Gasteiger partial charge < -0.3 is 15.2 Å². The second kappa shape index (κ2) is 7.40. The van der Waals surface area contributed by atoms with Crippen molar-refractivity contribution in [2.24, 2.45) is 4.99 Å². The Kier molecular flexibility index (Phi) is 5.19. The van der Waals surface area contributed by atoms with E-state index in [-0.39, 0.29) is 17.4 Å². The fraction of sp³-hybridized carbons (Fsp3) is 0.238. The summed E-state index contributed by atoms with van der Waals surface area (Å²) in [6.45, 7) is 5.80. The Balaban J connectivity index is 2.17. The molecule has 140 valence electrons. The number of hydrogen-bond donors (Lipinski definition) is 3. The third kappa shape index (κ3) is 3.53. The number of nitrogens with one attached hydrogen (secondary N) is 1. The number of rotatable bonds is 3. The Morgan fingerprint density at radius 3 is 2.48 bits per heavy atom. The molecule has 0 saturated heterocycles. The van der Waals surface area contributed by atoms with E-state index < -0.39 is 0 Å². The first-order valence-corrected chi connectivity index (χ1v) is 9.15. The average Bonchev–Trinajstić information content (AvgIpc) is 3.07. The molecule has 1 heterocycles. The SMILES string of the molecule is CN=C(c1cc(C(C)C)c(O)cc1O)N(C(C)=S)c1ccc2[nH]ccc2c1. The highest BCUT2D eigenvalue weighted by Gasteiger charge is 2.22. The molecule has 0 saturated carbocycles. The van der Waals surface area contributed by atoms with Crippen molar-refractivity contribution in [2.75, 3.05) is 11.9 Å². The van der Waals surface area contributed by atoms with Gasteiger partial charge in [0.25, 0.3) is 0 Å². The normalized spacial score (nSPS) is 12.0. The topological polar surface area (TPSA) is 71.9 Å². The second-order valence-corrected chi connectivity index (χ2v) is 7.32. The predicted molar refractivity (Wildman–Crippen MR) is 115 cm³/mol. The summed E-state index contributed by atoms with van der Waals surface area (Å²) in [7, 11) is 1.66. The molecule has 0 atom stereocenters. The van der Waals surface area contributed by atoms with E-state index in [0.29, 0.717) is 16.4 Å². The molecule has 2 aromatic carbocycles. The number of hydrogen-bond acceptors (Lipinski definition) is 4. The number of H-pyrrole nitrogens is 1. The van der Waals surface area contributed by atoms with E-state index in [1.807, 2.05) is 56.1 Å². The van der Waals surface area contributed by atoms with Gasteiger partial charge in [-0.2, -0.15) is 0 Å². The summed E-state index contributed by atoms with van der Waals surface area (Å²) in [6, 6.07) is 11.1. The van der Waals surface area contributed by atoms with Crippen molar-refractivity contribution in [1.82, 2.24) is 4.98 Å². The fourth-order valence-electron chi connectivity index (χ4n) is 3.21. The zero-order valence-corrected chi connectivity index (χ0v) is 16.6. The number of phenols is 2. The lowest BCUT2D eigenvalue weighted by atomic mass is 9.98. The number of benzene rings is 2. The summed E-state index contributed by atoms with van der Waals surface area (Å²) in [5.41, 5.74) is 3.16. The molecule has 6 heteroatoms. The van der Waals surface area contributed by atoms with Crippen LogP contribution in [0.15, 0.2) is 47.6 Å². The molecule has 5 nitrogen and oxygen atoms in total. The highest BCUT2D eigenvalue weighted by atomic mass is 32.1. The zero-order valence-electron chi connectivity index (χ0n) is 15.8. The molecule has 3 N–H and O–H groups in total. The molecule has 3 rings (SSSR count). The number of aromatic hydroxyl groups is 2. The molecule has 0 aliphatic heterocycles. The van der Waals surface area contributed by atoms with Gasteiger partial charge >= 0.3 is 0 Å². The Hall–Kier alpha value is -2.86. The summed E-state index contributed by atoms with van der Waals surface area (Å²) in [5, 5.41) is 21.7. The molecule has 0 spiro atoms. The molecular weight excluding hydrogens is 358 g/mol. The van der Waals surface area contributed by atoms with Gasteiger partial charge in [-0.05, 0) is 48.7 Å². The van der Waals surface area contributed by atoms with Crippen molar-refractivity contribution in [2.45, 2.75) is 26.7 Å². The van der Waals surface area contributed by atoms with Crippen LogP contribution in [-0.2, 0) is 0 Å². The Morgan fingerprint density at radius 2 is 1.85 bits per heavy atom. The standard InChI is InChI=1S/C21H23N3O2S/c1-12(2)16-10-17(20(26)11-19(16)25)21(22-4)24(13(3)27)15-5-6-18-14(9-15)7-8-23-18/h5-12,23,25-26H,1-4H3. The van der Waals surface area contributed by atoms with Crippen LogP contribution in [0.4, 0.5) is 5.69 Å². The lowest BCUT2D eigenvalue weighted by Crippen LogP contribution is -2.35. The van der Waals surface area contributed by atoms with E-state index in [0.717, 1.165) is 22.2 Å². The predicted octanol–water partition coefficient (Wildman–Crippen LogP) is 4.93. The van der Waals surface area contributed by atoms with Crippen LogP contribution in [0.1, 0.15) is 37.8 Å². The lowest BCUT2D eigenvalue weighted by Gasteiger charge is -2.26. The van der Waals surface area contributed by atoms with E-state index in [9.17, 15) is 10.2 Å². The van der Waals surface area contributed by atoms with Crippen LogP contribution < -0.4 is 4.90 Å². The van der Waals surface area contributed by atoms with Gasteiger partial charge in [0, 0.05) is 35.9 Å². The first-order chi connectivity index (χ1) is 12.8. The van der Waals surface area contributed by atoms with Crippen molar-refractivity contribution in [1.29, 1.82) is 0 Å². The number of aliphatic imine (C=N–C) groups is 1. The Morgan fingerprint density at radius 1 is 1.11 bits per heavy atom. The lowest BCUT2D eigenvalue weighted by molar-refractivity contribution is 0.443. The van der Waals surface area contributed by atoms with Crippen LogP contribution in [0.25, 0.3) is 10.9 Å². The molecular formula is C21H23N3O2S. The summed E-state index contributed by atoms with van der Waals surface area (Å²) < 4.78 is 0. The molecule has 0 fully saturated rings. The van der Waals surface area contributed by atoms with Crippen LogP contribution in [0.3, 0.4) is 0 Å². The maximum Gasteiger partial charge on any atom is 0.143 e. The third-order valence-corrected chi connectivity index (χ3v) is 4.72. The monoisotopic (exact) mass is 381 g/mol. The van der Waals surface area contributed by atoms with E-state index in [4.69, 9.17) is 12.2 Å². The summed E-state index contributed by atoms with van der Waals surface area (Å²) in [4.78, 5) is 10.0. The van der Waals surface area contributed by atoms with Gasteiger partial charge in [0.15, 0.2) is 0 Å². The minimum atomic E-state index is -0.0403. The van der Waals surface area contributed by atoms with E-state index in [2.05, 4.69) is 9.98 Å². The van der Waals surface area contributed by atoms with Gasteiger partial charge in [-0.25, -0.2) is 0 Å². The van der Waals surface area contributed by atoms with Crippen LogP contribution >= 0.6 is 12.2 Å². The van der Waals surface area contributed by atoms with Crippen LogP contribution in [0, 0.1) is 0 Å². The quantitative estimate of drug-likeness (QED) is 0.342. The molecule has 27 heavy (non-hydrogen) atoms. The molecule has 0 aliphatic rings. The van der Waals surface area contributed by atoms with Crippen LogP contribution in [0.2, 0.25) is 0 Å². The summed E-state index contributed by atoms with van der Waals surface area (Å²) in [5.74, 6) is 0.653. The number of amidine groups is 1. The maximum absolute atomic E-state index is 10.5. The number of aromatic nitrogens is 1. The number of nitrogens with zero attached hydrogens (tertiary/aromatic N) is 2. The number of anilines is 1. The zero-order chi connectivity index (χ0) is 19.7. The van der Waals surface area contributed by atoms with E-state index >= 15 is 0 Å². The second-order valence-electron chi connectivity index (χ2n) is 6.73. The summed E-state index contributed by atoms with van der Waals surface area (Å²) >= 11 is 5.50. The number of phenolic OH excluding ortho intramolecular Hbond substituents is 2. The van der Waals surface area contributed by atoms with Crippen molar-refractivity contribution < 1.29 is 10.2 Å². The van der Waals surface area contributed by atoms with Crippen LogP contribution in [0.5, 0.6) is 11.5 Å². The third-order valence-electron chi connectivity index (χ3n) is 4.54. The highest BCUT2D eigenvalue weighted by molar-refractivity contribution is 7.80. The minimum absolute atomic E-state index is 0.0403. The maximum atomic E-state index is 10.5. The number of thiocarbonyl (C=S) groups is 1. The van der Waals surface area contributed by atoms with Gasteiger partial charge in [-0.15, -0.1) is 0 Å². The largest absolute Gasteiger partial charge is 0.508 e. The highest BCUT2D eigenvalue weighted by Crippen LogP contribution is 2.34. The van der Waals surface area contributed by atoms with Crippen molar-refractivity contribution in [3.05, 3.63) is 53.7 Å². The first-order valence-electron chi connectivity index (χ1n) is 8.74. The Bertz CT molecular complexity index is 1040. The fourth-order valence-corrected chi connectivity index (χ4v) is 3.40. The van der Waals surface area contributed by atoms with E-state index in [1.54, 1.807) is 13.1 Å². The summed E-state index contributed by atoms with van der Waals surface area (Å²) in [6.07, 6.45) is 1.89. The van der Waals surface area contributed by atoms with Gasteiger partial charge in [0.1, 0.15) is 17.3 Å². The number of aromatic amines is 1. The van der Waals surface area contributed by atoms with Gasteiger partial charge in [-0.1, -0.05) is 26.1 Å². The Labute approximate surface area is 164 Å². The average molecular weight is 382 g/mol. The van der Waals surface area contributed by atoms with Crippen molar-refractivity contribution in [3.8, 4) is 11.5 Å². The molecule has 0 aliphatic carbocycles. The molecule has 1 aromatic heterocycles. The molecule has 0 bridgehead atoms. The number of fused-ring (bicyclic) bond motifs is 1. The van der Waals surface area contributed by atoms with Gasteiger partial charge in [0.2, 0.25) is 0 Å².